The number of rotatable bonds is 8. The zero-order valence-electron chi connectivity index (χ0n) is 57.0. The van der Waals surface area contributed by atoms with Crippen molar-refractivity contribution in [2.75, 3.05) is 0 Å². The van der Waals surface area contributed by atoms with E-state index in [0.29, 0.717) is 11.6 Å². The summed E-state index contributed by atoms with van der Waals surface area (Å²) in [7, 11) is 0. The van der Waals surface area contributed by atoms with Gasteiger partial charge in [0.1, 0.15) is 0 Å². The molecule has 22 aromatic rings. The molecule has 0 N–H and O–H groups in total. The Kier molecular flexibility index (Phi) is 14.5. The third-order valence-corrected chi connectivity index (χ3v) is 23.3. The highest BCUT2D eigenvalue weighted by molar-refractivity contribution is 7.27. The number of hydrogen-bond donors (Lipinski definition) is 0. The second-order valence-corrected chi connectivity index (χ2v) is 29.2. The van der Waals surface area contributed by atoms with Gasteiger partial charge in [0.25, 0.3) is 0 Å². The van der Waals surface area contributed by atoms with Crippen LogP contribution < -0.4 is 0 Å². The molecule has 0 saturated carbocycles. The topological polar surface area (TPSA) is 77.3 Å². The van der Waals surface area contributed by atoms with Crippen molar-refractivity contribution in [2.24, 2.45) is 0 Å². The molecule has 22 rings (SSSR count). The fourth-order valence-electron chi connectivity index (χ4n) is 15.9. The molecule has 106 heavy (non-hydrogen) atoms. The van der Waals surface area contributed by atoms with Crippen molar-refractivity contribution in [3.8, 4) is 90.3 Å². The maximum Gasteiger partial charge on any atom is 0.160 e. The number of nitrogens with zero attached hydrogens (tertiary/aromatic N) is 6. The Morgan fingerprint density at radius 2 is 0.443 bits per heavy atom. The van der Waals surface area contributed by atoms with E-state index in [1.54, 1.807) is 0 Å². The average molecular weight is 1380 g/mol. The Morgan fingerprint density at radius 1 is 0.170 bits per heavy atom. The number of aromatic nitrogens is 6. The van der Waals surface area contributed by atoms with Crippen LogP contribution in [0, 0.1) is 0 Å². The number of thiophene rings is 2. The maximum absolute atomic E-state index is 5.48. The third kappa shape index (κ3) is 10.4. The van der Waals surface area contributed by atoms with Crippen LogP contribution in [0.4, 0.5) is 0 Å². The number of hydrogen-bond acceptors (Lipinski definition) is 8. The molecular weight excluding hydrogens is 1330 g/mol. The lowest BCUT2D eigenvalue weighted by atomic mass is 9.92. The highest BCUT2D eigenvalue weighted by Gasteiger charge is 2.23. The van der Waals surface area contributed by atoms with Crippen molar-refractivity contribution in [1.82, 2.24) is 29.9 Å². The molecule has 0 unspecified atom stereocenters. The van der Waals surface area contributed by atoms with Crippen LogP contribution in [0.25, 0.3) is 217 Å². The monoisotopic (exact) mass is 1380 g/mol. The van der Waals surface area contributed by atoms with Gasteiger partial charge in [0.15, 0.2) is 11.6 Å². The first-order chi connectivity index (χ1) is 52.5. The predicted octanol–water partition coefficient (Wildman–Crippen LogP) is 27.0. The highest BCUT2D eigenvalue weighted by Crippen LogP contribution is 2.48. The molecule has 0 fully saturated rings. The lowest BCUT2D eigenvalue weighted by Crippen LogP contribution is -1.96. The van der Waals surface area contributed by atoms with Crippen LogP contribution in [-0.4, -0.2) is 29.9 Å². The first kappa shape index (κ1) is 61.2. The van der Waals surface area contributed by atoms with Crippen LogP contribution in [0.15, 0.2) is 352 Å². The Labute approximate surface area is 617 Å². The van der Waals surface area contributed by atoms with Crippen molar-refractivity contribution in [1.29, 1.82) is 0 Å². The van der Waals surface area contributed by atoms with Gasteiger partial charge in [-0.2, -0.15) is 0 Å². The zero-order chi connectivity index (χ0) is 69.8. The summed E-state index contributed by atoms with van der Waals surface area (Å²) in [6.07, 6.45) is 0. The molecule has 0 radical (unpaired) electrons. The van der Waals surface area contributed by atoms with Crippen molar-refractivity contribution in [3.63, 3.8) is 0 Å². The summed E-state index contributed by atoms with van der Waals surface area (Å²) < 4.78 is 4.95. The van der Waals surface area contributed by atoms with E-state index in [4.69, 9.17) is 29.9 Å². The summed E-state index contributed by atoms with van der Waals surface area (Å²) in [6, 6.07) is 125. The fraction of sp³-hybridized carbons (Fsp3) is 0. The Bertz CT molecular complexity index is 6700. The van der Waals surface area contributed by atoms with E-state index in [1.165, 1.54) is 105 Å². The Morgan fingerprint density at radius 3 is 0.830 bits per heavy atom. The van der Waals surface area contributed by atoms with Crippen LogP contribution in [-0.2, 0) is 0 Å². The molecule has 6 aromatic heterocycles. The maximum atomic E-state index is 5.48. The first-order valence-electron chi connectivity index (χ1n) is 35.7. The van der Waals surface area contributed by atoms with Gasteiger partial charge in [-0.25, -0.2) is 29.9 Å². The van der Waals surface area contributed by atoms with E-state index < -0.39 is 0 Å². The van der Waals surface area contributed by atoms with Gasteiger partial charge in [0.2, 0.25) is 0 Å². The molecule has 0 spiro atoms. The fourth-order valence-corrected chi connectivity index (χ4v) is 18.4. The van der Waals surface area contributed by atoms with Crippen LogP contribution in [0.3, 0.4) is 0 Å². The second-order valence-electron chi connectivity index (χ2n) is 27.1. The minimum Gasteiger partial charge on any atom is -0.247 e. The predicted molar refractivity (Wildman–Crippen MR) is 449 cm³/mol. The molecule has 6 nitrogen and oxygen atoms in total. The van der Waals surface area contributed by atoms with Gasteiger partial charge in [0, 0.05) is 95.6 Å². The second kappa shape index (κ2) is 25.2. The number of pyridine rings is 2. The molecule has 0 aliphatic carbocycles. The number of fused-ring (bicyclic) bond motifs is 22. The lowest BCUT2D eigenvalue weighted by Gasteiger charge is -2.13. The van der Waals surface area contributed by atoms with E-state index >= 15 is 0 Å². The minimum atomic E-state index is 0.694. The van der Waals surface area contributed by atoms with Crippen molar-refractivity contribution < 1.29 is 0 Å². The summed E-state index contributed by atoms with van der Waals surface area (Å²) in [4.78, 5) is 31.4. The quantitative estimate of drug-likeness (QED) is 0.141. The average Bonchev–Trinajstić information content (AvgIpc) is 1.43. The molecule has 16 aromatic carbocycles. The molecule has 0 bridgehead atoms. The van der Waals surface area contributed by atoms with E-state index in [2.05, 4.69) is 315 Å². The Hall–Kier alpha value is -13.5. The summed E-state index contributed by atoms with van der Waals surface area (Å²) in [6.45, 7) is 0. The smallest absolute Gasteiger partial charge is 0.160 e. The summed E-state index contributed by atoms with van der Waals surface area (Å²) in [5, 5.41) is 22.2. The third-order valence-electron chi connectivity index (χ3n) is 20.9. The molecule has 0 saturated heterocycles. The van der Waals surface area contributed by atoms with Gasteiger partial charge < -0.3 is 0 Å². The van der Waals surface area contributed by atoms with E-state index in [-0.39, 0.29) is 0 Å². The summed E-state index contributed by atoms with van der Waals surface area (Å²) in [5.74, 6) is 1.40. The van der Waals surface area contributed by atoms with Gasteiger partial charge in [-0.1, -0.05) is 285 Å². The lowest BCUT2D eigenvalue weighted by molar-refractivity contribution is 1.18. The van der Waals surface area contributed by atoms with Gasteiger partial charge in [-0.05, 0) is 131 Å². The minimum absolute atomic E-state index is 0.694. The van der Waals surface area contributed by atoms with E-state index in [1.807, 2.05) is 59.1 Å². The van der Waals surface area contributed by atoms with Gasteiger partial charge >= 0.3 is 0 Å². The van der Waals surface area contributed by atoms with Crippen LogP contribution in [0.5, 0.6) is 0 Å². The van der Waals surface area contributed by atoms with E-state index in [9.17, 15) is 0 Å². The molecule has 0 atom stereocenters. The van der Waals surface area contributed by atoms with Crippen molar-refractivity contribution in [3.05, 3.63) is 352 Å². The molecule has 0 aliphatic heterocycles. The molecule has 8 heteroatoms. The van der Waals surface area contributed by atoms with Crippen molar-refractivity contribution in [2.45, 2.75) is 0 Å². The van der Waals surface area contributed by atoms with Crippen molar-refractivity contribution >= 4 is 149 Å². The van der Waals surface area contributed by atoms with Crippen LogP contribution >= 0.6 is 22.7 Å². The highest BCUT2D eigenvalue weighted by atomic mass is 32.1. The molecule has 0 aliphatic rings. The molecule has 0 amide bonds. The zero-order valence-corrected chi connectivity index (χ0v) is 58.6. The summed E-state index contributed by atoms with van der Waals surface area (Å²) >= 11 is 3.67. The van der Waals surface area contributed by atoms with Crippen LogP contribution in [0.2, 0.25) is 0 Å². The summed E-state index contributed by atoms with van der Waals surface area (Å²) in [5.41, 5.74) is 15.9. The first-order valence-corrected chi connectivity index (χ1v) is 37.3. The van der Waals surface area contributed by atoms with Gasteiger partial charge in [0.05, 0.1) is 45.2 Å². The standard InChI is InChI=1S/2C49H29N3S/c1-3-13-30(14-4-1)43-29-44(52-49(51-43)31-15-5-2-6-16-31)32-24-26-42-41(27-32)48-46(39-21-11-12-22-45(39)53-48)47(50-42)33-23-25-38-36-19-8-7-17-34(36)35-18-9-10-20-37(35)40(38)28-33;1-3-13-30(14-4-1)43-29-44(31-15-5-2-6-16-31)52-49(51-43)33-24-26-42-41(28-33)48-46(39-21-11-12-22-45(39)53-48)47(50-42)32-23-25-38-36-19-8-7-17-34(36)35-18-9-10-20-37(35)40(38)27-32/h2*1-29H. The van der Waals surface area contributed by atoms with Crippen LogP contribution in [0.1, 0.15) is 0 Å². The largest absolute Gasteiger partial charge is 0.247 e. The van der Waals surface area contributed by atoms with Gasteiger partial charge in [-0.15, -0.1) is 22.7 Å². The van der Waals surface area contributed by atoms with Gasteiger partial charge in [-0.3, -0.25) is 0 Å². The molecule has 6 heterocycles. The SMILES string of the molecule is c1ccc(-c2cc(-c3ccc4nc(-c5ccc6c7ccccc7c7ccccc7c6c5)c5c6ccccc6sc5c4c3)nc(-c3ccccc3)n2)cc1.c1ccc(-c2cc(-c3ccccc3)nc(-c3ccc4nc(-c5ccc6c7ccccc7c7ccccc7c6c5)c5c6ccccc6sc5c4c3)n2)cc1. The number of benzene rings is 16. The normalized spacial score (nSPS) is 11.8. The Balaban J connectivity index is 0.000000136. The van der Waals surface area contributed by atoms with E-state index in [0.717, 1.165) is 100 Å². The molecule has 492 valence electrons. The molecular formula is C98H58N6S2.